The van der Waals surface area contributed by atoms with Crippen LogP contribution in [0, 0.1) is 0 Å². The van der Waals surface area contributed by atoms with Gasteiger partial charge in [-0.1, -0.05) is 127 Å². The van der Waals surface area contributed by atoms with Gasteiger partial charge in [-0.15, -0.1) is 0 Å². The molecule has 252 valence electrons. The van der Waals surface area contributed by atoms with Gasteiger partial charge in [0.1, 0.15) is 0 Å². The molecule has 0 aliphatic carbocycles. The summed E-state index contributed by atoms with van der Waals surface area (Å²) in [5.41, 5.74) is 12.9. The lowest BCUT2D eigenvalue weighted by Crippen LogP contribution is -2.14. The van der Waals surface area contributed by atoms with Crippen LogP contribution in [0.25, 0.3) is 49.4 Å². The van der Waals surface area contributed by atoms with Crippen molar-refractivity contribution in [1.82, 2.24) is 4.57 Å². The molecule has 0 atom stereocenters. The average Bonchev–Trinajstić information content (AvgIpc) is 3.55. The molecule has 2 heterocycles. The number of aromatic nitrogens is 1. The highest BCUT2D eigenvalue weighted by Crippen LogP contribution is 2.46. The Labute approximate surface area is 309 Å². The second-order valence-electron chi connectivity index (χ2n) is 13.8. The third kappa shape index (κ3) is 5.46. The van der Waals surface area contributed by atoms with E-state index < -0.39 is 0 Å². The molecule has 0 saturated heterocycles. The average molecular weight is 680 g/mol. The smallest absolute Gasteiger partial charge is 0.0554 e. The number of rotatable bonds is 5. The van der Waals surface area contributed by atoms with E-state index in [-0.39, 0.29) is 0 Å². The van der Waals surface area contributed by atoms with Crippen LogP contribution < -0.4 is 9.80 Å². The summed E-state index contributed by atoms with van der Waals surface area (Å²) in [6.45, 7) is 0. The van der Waals surface area contributed by atoms with Crippen molar-refractivity contribution in [3.05, 3.63) is 206 Å². The first kappa shape index (κ1) is 30.9. The quantitative estimate of drug-likeness (QED) is 0.179. The van der Waals surface area contributed by atoms with Crippen LogP contribution >= 0.6 is 0 Å². The van der Waals surface area contributed by atoms with Crippen LogP contribution in [0.1, 0.15) is 12.0 Å². The molecule has 8 aromatic carbocycles. The minimum atomic E-state index is 0.973. The van der Waals surface area contributed by atoms with Crippen LogP contribution in [0.15, 0.2) is 200 Å². The predicted octanol–water partition coefficient (Wildman–Crippen LogP) is 13.7. The van der Waals surface area contributed by atoms with Crippen LogP contribution in [-0.4, -0.2) is 4.57 Å². The van der Waals surface area contributed by atoms with Crippen LogP contribution in [-0.2, 0) is 6.42 Å². The Morgan fingerprint density at radius 3 is 2.02 bits per heavy atom. The van der Waals surface area contributed by atoms with Crippen molar-refractivity contribution in [2.75, 3.05) is 9.80 Å². The monoisotopic (exact) mass is 679 g/mol. The summed E-state index contributed by atoms with van der Waals surface area (Å²) in [5, 5.41) is 4.87. The van der Waals surface area contributed by atoms with E-state index in [1.54, 1.807) is 0 Å². The second kappa shape index (κ2) is 13.0. The number of allylic oxidation sites excluding steroid dienone is 1. The van der Waals surface area contributed by atoms with Crippen molar-refractivity contribution >= 4 is 61.0 Å². The van der Waals surface area contributed by atoms with Gasteiger partial charge in [-0.3, -0.25) is 0 Å². The fraction of sp³-hybridized carbons (Fsp3) is 0.0400. The molecule has 0 spiro atoms. The van der Waals surface area contributed by atoms with E-state index in [1.807, 2.05) is 0 Å². The molecule has 2 bridgehead atoms. The minimum absolute atomic E-state index is 0.973. The summed E-state index contributed by atoms with van der Waals surface area (Å²) in [6.07, 6.45) is 6.55. The van der Waals surface area contributed by atoms with Gasteiger partial charge in [0.05, 0.1) is 22.4 Å². The highest BCUT2D eigenvalue weighted by atomic mass is 15.2. The maximum Gasteiger partial charge on any atom is 0.0554 e. The lowest BCUT2D eigenvalue weighted by molar-refractivity contribution is 0.994. The van der Waals surface area contributed by atoms with Gasteiger partial charge in [-0.05, 0) is 96.1 Å². The van der Waals surface area contributed by atoms with Gasteiger partial charge in [0.2, 0.25) is 0 Å². The summed E-state index contributed by atoms with van der Waals surface area (Å²) in [7, 11) is 0. The van der Waals surface area contributed by atoms with E-state index in [2.05, 4.69) is 215 Å². The first-order chi connectivity index (χ1) is 26.3. The van der Waals surface area contributed by atoms with Crippen LogP contribution in [0.2, 0.25) is 0 Å². The molecule has 0 fully saturated rings. The Morgan fingerprint density at radius 2 is 1.15 bits per heavy atom. The van der Waals surface area contributed by atoms with E-state index in [4.69, 9.17) is 0 Å². The zero-order chi connectivity index (χ0) is 35.1. The van der Waals surface area contributed by atoms with Crippen LogP contribution in [0.5, 0.6) is 0 Å². The third-order valence-corrected chi connectivity index (χ3v) is 10.6. The fourth-order valence-corrected chi connectivity index (χ4v) is 8.11. The molecule has 0 N–H and O–H groups in total. The molecule has 0 radical (unpaired) electrons. The van der Waals surface area contributed by atoms with Gasteiger partial charge >= 0.3 is 0 Å². The van der Waals surface area contributed by atoms with Crippen molar-refractivity contribution in [2.45, 2.75) is 12.8 Å². The summed E-state index contributed by atoms with van der Waals surface area (Å²) >= 11 is 0. The summed E-state index contributed by atoms with van der Waals surface area (Å²) in [4.78, 5) is 4.80. The van der Waals surface area contributed by atoms with Crippen molar-refractivity contribution in [2.24, 2.45) is 0 Å². The third-order valence-electron chi connectivity index (χ3n) is 10.6. The first-order valence-corrected chi connectivity index (χ1v) is 18.4. The van der Waals surface area contributed by atoms with Crippen molar-refractivity contribution in [3.8, 4) is 16.8 Å². The van der Waals surface area contributed by atoms with Gasteiger partial charge in [-0.2, -0.15) is 0 Å². The van der Waals surface area contributed by atoms with Gasteiger partial charge in [-0.25, -0.2) is 0 Å². The number of fused-ring (bicyclic) bond motifs is 8. The van der Waals surface area contributed by atoms with E-state index in [1.165, 1.54) is 49.3 Å². The zero-order valence-corrected chi connectivity index (χ0v) is 29.3. The Kier molecular flexibility index (Phi) is 7.62. The molecule has 0 amide bonds. The highest BCUT2D eigenvalue weighted by Gasteiger charge is 2.22. The number of aryl methyl sites for hydroxylation is 1. The van der Waals surface area contributed by atoms with Gasteiger partial charge < -0.3 is 14.4 Å². The van der Waals surface area contributed by atoms with Gasteiger partial charge in [0.15, 0.2) is 0 Å². The standard InChI is InChI=1S/C50H37N3/c1-3-20-39(21-4-1)51-32-12-11-15-36-16-13-19-38(33-36)44-30-28-42(35-50(44)51)52(47-27-14-18-37-17-7-8-24-43(37)47)41-29-31-49-46(34-41)45-25-9-10-26-48(45)53(49)40-22-5-2-6-23-40/h1-10,12-14,16-35H,11,15H2. The SMILES string of the molecule is C1=CN(c2ccccc2)c2cc(N(c3ccc4c(c3)c3ccccc3n4-c3ccccc3)c3cccc4ccccc34)ccc2-c2cccc(c2)CC1. The van der Waals surface area contributed by atoms with Crippen molar-refractivity contribution in [3.63, 3.8) is 0 Å². The number of anilines is 5. The maximum absolute atomic E-state index is 2.44. The van der Waals surface area contributed by atoms with Crippen LogP contribution in [0.4, 0.5) is 28.4 Å². The molecule has 0 saturated carbocycles. The number of benzene rings is 8. The van der Waals surface area contributed by atoms with Crippen molar-refractivity contribution < 1.29 is 0 Å². The van der Waals surface area contributed by atoms with Crippen molar-refractivity contribution in [1.29, 1.82) is 0 Å². The Morgan fingerprint density at radius 1 is 0.472 bits per heavy atom. The molecule has 3 nitrogen and oxygen atoms in total. The number of nitrogens with zero attached hydrogens (tertiary/aromatic N) is 3. The molecule has 9 aromatic rings. The lowest BCUT2D eigenvalue weighted by atomic mass is 9.97. The summed E-state index contributed by atoms with van der Waals surface area (Å²) in [5.74, 6) is 0. The predicted molar refractivity (Wildman–Crippen MR) is 224 cm³/mol. The van der Waals surface area contributed by atoms with Gasteiger partial charge in [0.25, 0.3) is 0 Å². The minimum Gasteiger partial charge on any atom is -0.317 e. The molecule has 10 rings (SSSR count). The fourth-order valence-electron chi connectivity index (χ4n) is 8.11. The normalized spacial score (nSPS) is 12.6. The molecule has 3 heteroatoms. The molecule has 1 aromatic heterocycles. The topological polar surface area (TPSA) is 11.4 Å². The van der Waals surface area contributed by atoms with Gasteiger partial charge in [0, 0.05) is 50.7 Å². The van der Waals surface area contributed by atoms with E-state index in [0.29, 0.717) is 0 Å². The highest BCUT2D eigenvalue weighted by molar-refractivity contribution is 6.11. The lowest BCUT2D eigenvalue weighted by Gasteiger charge is -2.30. The first-order valence-electron chi connectivity index (χ1n) is 18.4. The van der Waals surface area contributed by atoms with E-state index >= 15 is 0 Å². The number of hydrogen-bond acceptors (Lipinski definition) is 2. The van der Waals surface area contributed by atoms with Crippen LogP contribution in [0.3, 0.4) is 0 Å². The Balaban J connectivity index is 1.24. The summed E-state index contributed by atoms with van der Waals surface area (Å²) in [6, 6.07) is 68.5. The maximum atomic E-state index is 2.44. The zero-order valence-electron chi connectivity index (χ0n) is 29.3. The van der Waals surface area contributed by atoms with E-state index in [9.17, 15) is 0 Å². The largest absolute Gasteiger partial charge is 0.317 e. The second-order valence-corrected chi connectivity index (χ2v) is 13.8. The molecule has 1 aliphatic rings. The number of para-hydroxylation sites is 3. The molecule has 53 heavy (non-hydrogen) atoms. The molecular weight excluding hydrogens is 643 g/mol. The Bertz CT molecular complexity index is 2790. The molecular formula is C50H37N3. The number of hydrogen-bond donors (Lipinski definition) is 0. The summed E-state index contributed by atoms with van der Waals surface area (Å²) < 4.78 is 2.38. The van der Waals surface area contributed by atoms with E-state index in [0.717, 1.165) is 47.0 Å². The molecule has 1 aliphatic heterocycles. The molecule has 0 unspecified atom stereocenters. The Hall–Kier alpha value is -6.84.